The van der Waals surface area contributed by atoms with Gasteiger partial charge in [-0.25, -0.2) is 4.68 Å². The summed E-state index contributed by atoms with van der Waals surface area (Å²) < 4.78 is 1.81. The number of amides is 2. The molecule has 0 radical (unpaired) electrons. The molecular formula is C22H22N4O2. The molecule has 1 fully saturated rings. The summed E-state index contributed by atoms with van der Waals surface area (Å²) in [7, 11) is 0. The van der Waals surface area contributed by atoms with Crippen molar-refractivity contribution in [2.24, 2.45) is 0 Å². The van der Waals surface area contributed by atoms with E-state index in [1.807, 2.05) is 60.1 Å². The van der Waals surface area contributed by atoms with Crippen molar-refractivity contribution in [2.45, 2.75) is 25.9 Å². The van der Waals surface area contributed by atoms with Crippen LogP contribution in [-0.2, 0) is 11.3 Å². The molecule has 1 unspecified atom stereocenters. The molecule has 2 aromatic carbocycles. The zero-order valence-electron chi connectivity index (χ0n) is 15.7. The van der Waals surface area contributed by atoms with E-state index in [4.69, 9.17) is 0 Å². The zero-order chi connectivity index (χ0) is 19.5. The largest absolute Gasteiger partial charge is 0.340 e. The minimum Gasteiger partial charge on any atom is -0.340 e. The maximum Gasteiger partial charge on any atom is 0.251 e. The highest BCUT2D eigenvalue weighted by atomic mass is 16.2. The second kappa shape index (κ2) is 7.68. The van der Waals surface area contributed by atoms with E-state index in [0.29, 0.717) is 25.1 Å². The Morgan fingerprint density at radius 2 is 1.86 bits per heavy atom. The lowest BCUT2D eigenvalue weighted by Gasteiger charge is -2.17. The van der Waals surface area contributed by atoms with E-state index >= 15 is 0 Å². The van der Waals surface area contributed by atoms with Gasteiger partial charge in [0.25, 0.3) is 5.91 Å². The summed E-state index contributed by atoms with van der Waals surface area (Å²) in [6, 6.07) is 18.6. The van der Waals surface area contributed by atoms with Gasteiger partial charge in [-0.3, -0.25) is 9.59 Å². The lowest BCUT2D eigenvalue weighted by atomic mass is 10.1. The van der Waals surface area contributed by atoms with E-state index < -0.39 is 6.04 Å². The topological polar surface area (TPSA) is 67.2 Å². The fourth-order valence-corrected chi connectivity index (χ4v) is 3.47. The highest BCUT2D eigenvalue weighted by Crippen LogP contribution is 2.16. The monoisotopic (exact) mass is 374 g/mol. The SMILES string of the molecule is Cc1ccnn1-c1ccc(C(=O)NC2CCN(Cc3ccccc3)C2=O)cc1. The van der Waals surface area contributed by atoms with Crippen LogP contribution in [0.1, 0.15) is 28.0 Å². The van der Waals surface area contributed by atoms with E-state index in [2.05, 4.69) is 10.4 Å². The average molecular weight is 374 g/mol. The van der Waals surface area contributed by atoms with Gasteiger partial charge in [-0.05, 0) is 49.2 Å². The Hall–Kier alpha value is -3.41. The Labute approximate surface area is 163 Å². The van der Waals surface area contributed by atoms with Crippen LogP contribution >= 0.6 is 0 Å². The molecule has 28 heavy (non-hydrogen) atoms. The molecule has 0 bridgehead atoms. The molecule has 1 N–H and O–H groups in total. The number of aryl methyl sites for hydroxylation is 1. The molecule has 0 spiro atoms. The summed E-state index contributed by atoms with van der Waals surface area (Å²) in [6.45, 7) is 3.20. The van der Waals surface area contributed by atoms with Crippen molar-refractivity contribution in [3.63, 3.8) is 0 Å². The first-order valence-electron chi connectivity index (χ1n) is 9.36. The molecule has 2 heterocycles. The second-order valence-corrected chi connectivity index (χ2v) is 6.99. The van der Waals surface area contributed by atoms with Gasteiger partial charge in [-0.2, -0.15) is 5.10 Å². The van der Waals surface area contributed by atoms with Gasteiger partial charge >= 0.3 is 0 Å². The molecule has 1 aromatic heterocycles. The maximum absolute atomic E-state index is 12.6. The maximum atomic E-state index is 12.6. The van der Waals surface area contributed by atoms with Crippen LogP contribution < -0.4 is 5.32 Å². The van der Waals surface area contributed by atoms with Gasteiger partial charge in [0.05, 0.1) is 5.69 Å². The molecule has 1 saturated heterocycles. The second-order valence-electron chi connectivity index (χ2n) is 6.99. The van der Waals surface area contributed by atoms with Crippen molar-refractivity contribution in [3.05, 3.63) is 83.7 Å². The number of carbonyl (C=O) groups is 2. The minimum atomic E-state index is -0.468. The Bertz CT molecular complexity index is 979. The Balaban J connectivity index is 1.38. The minimum absolute atomic E-state index is 0.0269. The third-order valence-electron chi connectivity index (χ3n) is 5.03. The number of nitrogens with zero attached hydrogens (tertiary/aromatic N) is 3. The van der Waals surface area contributed by atoms with Crippen LogP contribution in [0.3, 0.4) is 0 Å². The standard InChI is InChI=1S/C22H22N4O2/c1-16-11-13-23-26(16)19-9-7-18(8-10-19)21(27)24-20-12-14-25(22(20)28)15-17-5-3-2-4-6-17/h2-11,13,20H,12,14-15H2,1H3,(H,24,27). The molecule has 6 nitrogen and oxygen atoms in total. The van der Waals surface area contributed by atoms with Crippen LogP contribution in [0.2, 0.25) is 0 Å². The fourth-order valence-electron chi connectivity index (χ4n) is 3.47. The third kappa shape index (κ3) is 3.67. The summed E-state index contributed by atoms with van der Waals surface area (Å²) in [6.07, 6.45) is 2.37. The van der Waals surface area contributed by atoms with Gasteiger partial charge in [-0.1, -0.05) is 30.3 Å². The Kier molecular flexibility index (Phi) is 4.93. The van der Waals surface area contributed by atoms with Crippen molar-refractivity contribution in [3.8, 4) is 5.69 Å². The first-order valence-corrected chi connectivity index (χ1v) is 9.36. The van der Waals surface area contributed by atoms with E-state index in [1.165, 1.54) is 0 Å². The molecule has 0 aliphatic carbocycles. The highest BCUT2D eigenvalue weighted by molar-refractivity contribution is 5.98. The first kappa shape index (κ1) is 18.0. The molecule has 1 atom stereocenters. The molecule has 1 aliphatic rings. The highest BCUT2D eigenvalue weighted by Gasteiger charge is 2.32. The number of nitrogens with one attached hydrogen (secondary N) is 1. The van der Waals surface area contributed by atoms with Crippen molar-refractivity contribution < 1.29 is 9.59 Å². The van der Waals surface area contributed by atoms with Crippen LogP contribution in [-0.4, -0.2) is 39.1 Å². The molecule has 142 valence electrons. The quantitative estimate of drug-likeness (QED) is 0.747. The van der Waals surface area contributed by atoms with Gasteiger partial charge in [0.15, 0.2) is 0 Å². The van der Waals surface area contributed by atoms with Gasteiger partial charge in [0, 0.05) is 30.5 Å². The van der Waals surface area contributed by atoms with Crippen molar-refractivity contribution in [1.29, 1.82) is 0 Å². The van der Waals surface area contributed by atoms with Gasteiger partial charge in [0.1, 0.15) is 6.04 Å². The van der Waals surface area contributed by atoms with Gasteiger partial charge in [0.2, 0.25) is 5.91 Å². The summed E-state index contributed by atoms with van der Waals surface area (Å²) in [5.74, 6) is -0.260. The molecule has 2 amide bonds. The number of aromatic nitrogens is 2. The molecular weight excluding hydrogens is 352 g/mol. The van der Waals surface area contributed by atoms with Crippen LogP contribution in [0.5, 0.6) is 0 Å². The van der Waals surface area contributed by atoms with Crippen molar-refractivity contribution >= 4 is 11.8 Å². The normalized spacial score (nSPS) is 16.4. The smallest absolute Gasteiger partial charge is 0.251 e. The Morgan fingerprint density at radius 3 is 2.54 bits per heavy atom. The number of rotatable bonds is 5. The summed E-state index contributed by atoms with van der Waals surface area (Å²) >= 11 is 0. The predicted octanol–water partition coefficient (Wildman–Crippen LogP) is 2.71. The predicted molar refractivity (Wildman–Crippen MR) is 106 cm³/mol. The summed E-state index contributed by atoms with van der Waals surface area (Å²) in [5.41, 5.74) is 3.53. The van der Waals surface area contributed by atoms with Crippen LogP contribution in [0, 0.1) is 6.92 Å². The average Bonchev–Trinajstić information content (AvgIpc) is 3.29. The lowest BCUT2D eigenvalue weighted by molar-refractivity contribution is -0.129. The van der Waals surface area contributed by atoms with Crippen LogP contribution in [0.25, 0.3) is 5.69 Å². The van der Waals surface area contributed by atoms with Crippen molar-refractivity contribution in [2.75, 3.05) is 6.54 Å². The molecule has 6 heteroatoms. The first-order chi connectivity index (χ1) is 13.6. The number of likely N-dealkylation sites (tertiary alicyclic amines) is 1. The third-order valence-corrected chi connectivity index (χ3v) is 5.03. The number of hydrogen-bond donors (Lipinski definition) is 1. The van der Waals surface area contributed by atoms with E-state index in [0.717, 1.165) is 16.9 Å². The fraction of sp³-hybridized carbons (Fsp3) is 0.227. The zero-order valence-corrected chi connectivity index (χ0v) is 15.7. The van der Waals surface area contributed by atoms with Crippen molar-refractivity contribution in [1.82, 2.24) is 20.0 Å². The molecule has 4 rings (SSSR count). The Morgan fingerprint density at radius 1 is 1.11 bits per heavy atom. The van der Waals surface area contributed by atoms with Crippen LogP contribution in [0.4, 0.5) is 0 Å². The van der Waals surface area contributed by atoms with Gasteiger partial charge in [-0.15, -0.1) is 0 Å². The van der Waals surface area contributed by atoms with E-state index in [-0.39, 0.29) is 11.8 Å². The number of carbonyl (C=O) groups excluding carboxylic acids is 2. The van der Waals surface area contributed by atoms with E-state index in [1.54, 1.807) is 23.2 Å². The van der Waals surface area contributed by atoms with E-state index in [9.17, 15) is 9.59 Å². The lowest BCUT2D eigenvalue weighted by Crippen LogP contribution is -2.41. The van der Waals surface area contributed by atoms with Crippen LogP contribution in [0.15, 0.2) is 66.9 Å². The number of benzene rings is 2. The van der Waals surface area contributed by atoms with Gasteiger partial charge < -0.3 is 10.2 Å². The molecule has 1 aliphatic heterocycles. The summed E-state index contributed by atoms with van der Waals surface area (Å²) in [4.78, 5) is 27.0. The molecule has 0 saturated carbocycles. The number of hydrogen-bond acceptors (Lipinski definition) is 3. The molecule has 3 aromatic rings. The summed E-state index contributed by atoms with van der Waals surface area (Å²) in [5, 5.41) is 7.14.